The van der Waals surface area contributed by atoms with Crippen molar-refractivity contribution in [1.29, 1.82) is 0 Å². The van der Waals surface area contributed by atoms with Gasteiger partial charge < -0.3 is 14.5 Å². The summed E-state index contributed by atoms with van der Waals surface area (Å²) in [6, 6.07) is 20.8. The average Bonchev–Trinajstić information content (AvgIpc) is 3.43. The van der Waals surface area contributed by atoms with Crippen molar-refractivity contribution < 1.29 is 13.9 Å². The summed E-state index contributed by atoms with van der Waals surface area (Å²) < 4.78 is 13.2. The Balaban J connectivity index is 1.52. The molecule has 0 spiro atoms. The number of benzene rings is 2. The van der Waals surface area contributed by atoms with Crippen LogP contribution in [0.1, 0.15) is 13.8 Å². The smallest absolute Gasteiger partial charge is 0.234 e. The summed E-state index contributed by atoms with van der Waals surface area (Å²) >= 11 is 1.30. The standard InChI is InChI=1S/C23H22N4O3S/c1-16(2)30-19-12-7-6-11-18(19)24-21(28)15-31-23-26-25-22(20-13-8-14-29-20)27(23)17-9-4-3-5-10-17/h3-14,16H,15H2,1-2H3,(H,24,28). The number of nitrogens with one attached hydrogen (secondary N) is 1. The quantitative estimate of drug-likeness (QED) is 0.391. The molecule has 1 amide bonds. The number of para-hydroxylation sites is 3. The van der Waals surface area contributed by atoms with E-state index in [4.69, 9.17) is 9.15 Å². The first-order valence-corrected chi connectivity index (χ1v) is 10.8. The molecule has 4 aromatic rings. The molecule has 2 aromatic carbocycles. The van der Waals surface area contributed by atoms with E-state index in [1.807, 2.05) is 79.1 Å². The average molecular weight is 435 g/mol. The first-order chi connectivity index (χ1) is 15.1. The number of aromatic nitrogens is 3. The molecule has 0 aliphatic carbocycles. The number of nitrogens with zero attached hydrogens (tertiary/aromatic N) is 3. The van der Waals surface area contributed by atoms with Crippen LogP contribution in [-0.4, -0.2) is 32.5 Å². The summed E-state index contributed by atoms with van der Waals surface area (Å²) in [4.78, 5) is 12.6. The van der Waals surface area contributed by atoms with Gasteiger partial charge in [0.15, 0.2) is 10.9 Å². The van der Waals surface area contributed by atoms with E-state index < -0.39 is 0 Å². The number of ether oxygens (including phenoxy) is 1. The number of hydrogen-bond donors (Lipinski definition) is 1. The molecular weight excluding hydrogens is 412 g/mol. The van der Waals surface area contributed by atoms with Gasteiger partial charge in [-0.25, -0.2) is 0 Å². The third-order valence-corrected chi connectivity index (χ3v) is 5.17. The monoisotopic (exact) mass is 434 g/mol. The first-order valence-electron chi connectivity index (χ1n) is 9.85. The van der Waals surface area contributed by atoms with E-state index in [1.54, 1.807) is 12.3 Å². The van der Waals surface area contributed by atoms with E-state index in [0.29, 0.717) is 28.2 Å². The fourth-order valence-electron chi connectivity index (χ4n) is 2.98. The summed E-state index contributed by atoms with van der Waals surface area (Å²) in [5, 5.41) is 12.1. The zero-order chi connectivity index (χ0) is 21.6. The Hall–Kier alpha value is -3.52. The summed E-state index contributed by atoms with van der Waals surface area (Å²) in [5.41, 5.74) is 1.53. The van der Waals surface area contributed by atoms with E-state index >= 15 is 0 Å². The van der Waals surface area contributed by atoms with Crippen LogP contribution in [0, 0.1) is 0 Å². The third kappa shape index (κ3) is 4.97. The lowest BCUT2D eigenvalue weighted by molar-refractivity contribution is -0.113. The van der Waals surface area contributed by atoms with Crippen LogP contribution in [0.4, 0.5) is 5.69 Å². The Bertz CT molecular complexity index is 1140. The second-order valence-electron chi connectivity index (χ2n) is 6.95. The predicted octanol–water partition coefficient (Wildman–Crippen LogP) is 5.05. The van der Waals surface area contributed by atoms with Crippen LogP contribution in [-0.2, 0) is 4.79 Å². The lowest BCUT2D eigenvalue weighted by atomic mass is 10.3. The number of anilines is 1. The van der Waals surface area contributed by atoms with Gasteiger partial charge >= 0.3 is 0 Å². The van der Waals surface area contributed by atoms with Gasteiger partial charge in [0.05, 0.1) is 23.8 Å². The van der Waals surface area contributed by atoms with Gasteiger partial charge in [-0.05, 0) is 50.2 Å². The molecular formula is C23H22N4O3S. The summed E-state index contributed by atoms with van der Waals surface area (Å²) in [6.07, 6.45) is 1.60. The maximum atomic E-state index is 12.6. The maximum Gasteiger partial charge on any atom is 0.234 e. The fourth-order valence-corrected chi connectivity index (χ4v) is 3.73. The van der Waals surface area contributed by atoms with Crippen LogP contribution in [0.2, 0.25) is 0 Å². The highest BCUT2D eigenvalue weighted by molar-refractivity contribution is 7.99. The van der Waals surface area contributed by atoms with E-state index in [9.17, 15) is 4.79 Å². The maximum absolute atomic E-state index is 12.6. The lowest BCUT2D eigenvalue weighted by Gasteiger charge is -2.14. The van der Waals surface area contributed by atoms with Crippen LogP contribution < -0.4 is 10.1 Å². The SMILES string of the molecule is CC(C)Oc1ccccc1NC(=O)CSc1nnc(-c2ccco2)n1-c1ccccc1. The molecule has 0 saturated carbocycles. The van der Waals surface area contributed by atoms with Crippen molar-refractivity contribution >= 4 is 23.4 Å². The minimum Gasteiger partial charge on any atom is -0.489 e. The molecule has 2 heterocycles. The minimum absolute atomic E-state index is 0.0110. The van der Waals surface area contributed by atoms with Gasteiger partial charge in [-0.15, -0.1) is 10.2 Å². The molecule has 8 heteroatoms. The Morgan fingerprint density at radius 3 is 2.58 bits per heavy atom. The van der Waals surface area contributed by atoms with Crippen LogP contribution in [0.15, 0.2) is 82.6 Å². The Morgan fingerprint density at radius 2 is 1.84 bits per heavy atom. The van der Waals surface area contributed by atoms with Gasteiger partial charge in [0.25, 0.3) is 0 Å². The van der Waals surface area contributed by atoms with Crippen molar-refractivity contribution in [1.82, 2.24) is 14.8 Å². The number of rotatable bonds is 8. The van der Waals surface area contributed by atoms with Crippen LogP contribution in [0.5, 0.6) is 5.75 Å². The summed E-state index contributed by atoms with van der Waals surface area (Å²) in [7, 11) is 0. The molecule has 2 aromatic heterocycles. The molecule has 0 fully saturated rings. The van der Waals surface area contributed by atoms with Gasteiger partial charge in [0.2, 0.25) is 11.7 Å². The van der Waals surface area contributed by atoms with Crippen molar-refractivity contribution in [2.75, 3.05) is 11.1 Å². The van der Waals surface area contributed by atoms with Crippen molar-refractivity contribution in [2.24, 2.45) is 0 Å². The van der Waals surface area contributed by atoms with Crippen molar-refractivity contribution in [3.63, 3.8) is 0 Å². The molecule has 0 radical (unpaired) electrons. The summed E-state index contributed by atoms with van der Waals surface area (Å²) in [6.45, 7) is 3.89. The van der Waals surface area contributed by atoms with Crippen LogP contribution >= 0.6 is 11.8 Å². The number of hydrogen-bond acceptors (Lipinski definition) is 6. The number of furan rings is 1. The number of thioether (sulfide) groups is 1. The molecule has 0 unspecified atom stereocenters. The highest BCUT2D eigenvalue weighted by Gasteiger charge is 2.19. The lowest BCUT2D eigenvalue weighted by Crippen LogP contribution is -2.16. The number of carbonyl (C=O) groups is 1. The number of amides is 1. The van der Waals surface area contributed by atoms with Crippen molar-refractivity contribution in [3.8, 4) is 23.0 Å². The van der Waals surface area contributed by atoms with Gasteiger partial charge in [-0.3, -0.25) is 9.36 Å². The molecule has 0 bridgehead atoms. The van der Waals surface area contributed by atoms with E-state index in [2.05, 4.69) is 15.5 Å². The van der Waals surface area contributed by atoms with Crippen LogP contribution in [0.3, 0.4) is 0 Å². The van der Waals surface area contributed by atoms with E-state index in [-0.39, 0.29) is 17.8 Å². The van der Waals surface area contributed by atoms with Crippen molar-refractivity contribution in [2.45, 2.75) is 25.1 Å². The van der Waals surface area contributed by atoms with Crippen molar-refractivity contribution in [3.05, 3.63) is 73.0 Å². The second-order valence-corrected chi connectivity index (χ2v) is 7.90. The molecule has 0 atom stereocenters. The molecule has 4 rings (SSSR count). The summed E-state index contributed by atoms with van der Waals surface area (Å²) in [5.74, 6) is 1.83. The Kier molecular flexibility index (Phi) is 6.37. The highest BCUT2D eigenvalue weighted by atomic mass is 32.2. The largest absolute Gasteiger partial charge is 0.489 e. The topological polar surface area (TPSA) is 82.2 Å². The zero-order valence-corrected chi connectivity index (χ0v) is 18.0. The predicted molar refractivity (Wildman–Crippen MR) is 121 cm³/mol. The molecule has 7 nitrogen and oxygen atoms in total. The number of carbonyl (C=O) groups excluding carboxylic acids is 1. The molecule has 31 heavy (non-hydrogen) atoms. The molecule has 158 valence electrons. The molecule has 0 saturated heterocycles. The van der Waals surface area contributed by atoms with Gasteiger partial charge in [0.1, 0.15) is 5.75 Å². The minimum atomic E-state index is -0.160. The fraction of sp³-hybridized carbons (Fsp3) is 0.174. The van der Waals surface area contributed by atoms with Gasteiger partial charge in [-0.1, -0.05) is 42.1 Å². The van der Waals surface area contributed by atoms with E-state index in [0.717, 1.165) is 5.69 Å². The molecule has 1 N–H and O–H groups in total. The third-order valence-electron chi connectivity index (χ3n) is 4.25. The zero-order valence-electron chi connectivity index (χ0n) is 17.2. The Morgan fingerprint density at radius 1 is 1.06 bits per heavy atom. The highest BCUT2D eigenvalue weighted by Crippen LogP contribution is 2.29. The molecule has 0 aliphatic heterocycles. The Labute approximate surface area is 184 Å². The van der Waals surface area contributed by atoms with Gasteiger partial charge in [-0.2, -0.15) is 0 Å². The second kappa shape index (κ2) is 9.53. The van der Waals surface area contributed by atoms with Crippen LogP contribution in [0.25, 0.3) is 17.3 Å². The molecule has 0 aliphatic rings. The van der Waals surface area contributed by atoms with Gasteiger partial charge in [0, 0.05) is 5.69 Å². The first kappa shape index (κ1) is 20.7. The normalized spacial score (nSPS) is 10.9. The van der Waals surface area contributed by atoms with E-state index in [1.165, 1.54) is 11.8 Å².